The van der Waals surface area contributed by atoms with Gasteiger partial charge in [0.25, 0.3) is 5.91 Å². The fourth-order valence-electron chi connectivity index (χ4n) is 3.40. The summed E-state index contributed by atoms with van der Waals surface area (Å²) in [5.41, 5.74) is 1.52. The highest BCUT2D eigenvalue weighted by molar-refractivity contribution is 7.99. The molecule has 0 radical (unpaired) electrons. The number of benzene rings is 1. The number of hydrogen-bond acceptors (Lipinski definition) is 4. The second-order valence-electron chi connectivity index (χ2n) is 7.04. The van der Waals surface area contributed by atoms with Crippen molar-refractivity contribution in [1.82, 2.24) is 4.90 Å². The first-order valence-corrected chi connectivity index (χ1v) is 11.0. The summed E-state index contributed by atoms with van der Waals surface area (Å²) in [7, 11) is 0. The van der Waals surface area contributed by atoms with Crippen LogP contribution in [-0.4, -0.2) is 35.6 Å². The molecule has 3 rings (SSSR count). The lowest BCUT2D eigenvalue weighted by Gasteiger charge is -2.31. The van der Waals surface area contributed by atoms with Crippen LogP contribution in [0.3, 0.4) is 0 Å². The number of amides is 1. The number of allylic oxidation sites excluding steroid dienone is 5. The first-order valence-electron chi connectivity index (χ1n) is 9.64. The molecule has 0 saturated carbocycles. The minimum atomic E-state index is -0.850. The zero-order chi connectivity index (χ0) is 20.6. The minimum absolute atomic E-state index is 0.0727. The molecule has 4 nitrogen and oxygen atoms in total. The third-order valence-electron chi connectivity index (χ3n) is 5.07. The first kappa shape index (κ1) is 21.7. The molecule has 7 heteroatoms. The van der Waals surface area contributed by atoms with Crippen molar-refractivity contribution in [3.05, 3.63) is 64.7 Å². The van der Waals surface area contributed by atoms with Gasteiger partial charge in [0.05, 0.1) is 5.92 Å². The van der Waals surface area contributed by atoms with E-state index in [0.29, 0.717) is 37.3 Å². The number of likely N-dealkylation sites (tertiary alicyclic amines) is 1. The monoisotopic (exact) mass is 435 g/mol. The number of rotatable bonds is 6. The van der Waals surface area contributed by atoms with Crippen LogP contribution in [0, 0.1) is 5.92 Å². The Bertz CT molecular complexity index is 830. The highest BCUT2D eigenvalue weighted by atomic mass is 35.5. The molecule has 1 aromatic rings. The van der Waals surface area contributed by atoms with Crippen LogP contribution < -0.4 is 0 Å². The Morgan fingerprint density at radius 1 is 1.24 bits per heavy atom. The summed E-state index contributed by atoms with van der Waals surface area (Å²) in [4.78, 5) is 30.8. The van der Waals surface area contributed by atoms with E-state index in [-0.39, 0.29) is 5.91 Å². The lowest BCUT2D eigenvalue weighted by Crippen LogP contribution is -2.41. The van der Waals surface area contributed by atoms with Gasteiger partial charge in [-0.3, -0.25) is 9.74 Å². The largest absolute Gasteiger partial charge is 0.351 e. The zero-order valence-corrected chi connectivity index (χ0v) is 17.6. The molecule has 0 atom stereocenters. The van der Waals surface area contributed by atoms with Crippen LogP contribution in [0.1, 0.15) is 25.7 Å². The Kier molecular flexibility index (Phi) is 7.95. The van der Waals surface area contributed by atoms with Gasteiger partial charge in [-0.1, -0.05) is 42.0 Å². The highest BCUT2D eigenvalue weighted by Gasteiger charge is 2.30. The van der Waals surface area contributed by atoms with Crippen LogP contribution in [0.2, 0.25) is 0 Å². The van der Waals surface area contributed by atoms with E-state index < -0.39 is 11.9 Å². The molecule has 1 aliphatic carbocycles. The molecule has 0 spiro atoms. The van der Waals surface area contributed by atoms with Crippen molar-refractivity contribution in [3.63, 3.8) is 0 Å². The smallest absolute Gasteiger partial charge is 0.339 e. The van der Waals surface area contributed by atoms with Crippen LogP contribution in [0.5, 0.6) is 0 Å². The molecule has 0 unspecified atom stereocenters. The second kappa shape index (κ2) is 10.6. The summed E-state index contributed by atoms with van der Waals surface area (Å²) in [5, 5.41) is 0.756. The summed E-state index contributed by atoms with van der Waals surface area (Å²) >= 11 is 7.96. The SMILES string of the molecule is O=C(OF)C1CCN(C(=O)/C(=C/C2=C(Cl)CCC=C2)CSc2ccccc2)CC1. The number of carbonyl (C=O) groups is 2. The van der Waals surface area contributed by atoms with Crippen molar-refractivity contribution >= 4 is 35.2 Å². The van der Waals surface area contributed by atoms with Crippen LogP contribution >= 0.6 is 23.4 Å². The zero-order valence-electron chi connectivity index (χ0n) is 16.0. The molecule has 1 heterocycles. The number of halogens is 2. The summed E-state index contributed by atoms with van der Waals surface area (Å²) in [6, 6.07) is 9.90. The van der Waals surface area contributed by atoms with Crippen molar-refractivity contribution < 1.29 is 19.1 Å². The summed E-state index contributed by atoms with van der Waals surface area (Å²) < 4.78 is 12.1. The van der Waals surface area contributed by atoms with Crippen LogP contribution in [0.4, 0.5) is 4.53 Å². The van der Waals surface area contributed by atoms with Gasteiger partial charge < -0.3 is 4.90 Å². The molecule has 0 bridgehead atoms. The predicted molar refractivity (Wildman–Crippen MR) is 113 cm³/mol. The summed E-state index contributed by atoms with van der Waals surface area (Å²) in [6.07, 6.45) is 8.35. The van der Waals surface area contributed by atoms with E-state index in [1.165, 1.54) is 0 Å². The normalized spacial score (nSPS) is 18.1. The van der Waals surface area contributed by atoms with Gasteiger partial charge in [-0.05, 0) is 49.5 Å². The number of piperidine rings is 1. The third-order valence-corrected chi connectivity index (χ3v) is 6.54. The van der Waals surface area contributed by atoms with E-state index in [0.717, 1.165) is 28.3 Å². The quantitative estimate of drug-likeness (QED) is 0.454. The van der Waals surface area contributed by atoms with Crippen molar-refractivity contribution in [2.24, 2.45) is 5.92 Å². The lowest BCUT2D eigenvalue weighted by molar-refractivity contribution is -0.190. The van der Waals surface area contributed by atoms with Crippen LogP contribution in [0.25, 0.3) is 0 Å². The van der Waals surface area contributed by atoms with E-state index in [2.05, 4.69) is 11.0 Å². The van der Waals surface area contributed by atoms with Crippen molar-refractivity contribution in [2.75, 3.05) is 18.8 Å². The standard InChI is InChI=1S/C22H23ClFNO3S/c23-20-9-5-4-6-17(20)14-18(15-29-19-7-2-1-3-8-19)21(26)25-12-10-16(11-13-25)22(27)28-24/h1-4,6-8,14,16H,5,9-13,15H2/b18-14+. The average molecular weight is 436 g/mol. The Labute approximate surface area is 179 Å². The molecule has 1 amide bonds. The van der Waals surface area contributed by atoms with Crippen LogP contribution in [-0.2, 0) is 14.5 Å². The second-order valence-corrected chi connectivity index (χ2v) is 8.54. The maximum atomic E-state index is 13.2. The fourth-order valence-corrected chi connectivity index (χ4v) is 4.50. The van der Waals surface area contributed by atoms with E-state index in [1.54, 1.807) is 16.7 Å². The van der Waals surface area contributed by atoms with E-state index in [9.17, 15) is 14.1 Å². The van der Waals surface area contributed by atoms with E-state index in [4.69, 9.17) is 11.6 Å². The molecule has 29 heavy (non-hydrogen) atoms. The van der Waals surface area contributed by atoms with Gasteiger partial charge in [-0.2, -0.15) is 0 Å². The molecule has 0 N–H and O–H groups in total. The van der Waals surface area contributed by atoms with Crippen molar-refractivity contribution in [3.8, 4) is 0 Å². The molecule has 2 aliphatic rings. The molecule has 1 fully saturated rings. The van der Waals surface area contributed by atoms with Gasteiger partial charge in [-0.25, -0.2) is 4.79 Å². The fraction of sp³-hybridized carbons (Fsp3) is 0.364. The van der Waals surface area contributed by atoms with Gasteiger partial charge in [0.15, 0.2) is 0 Å². The third kappa shape index (κ3) is 5.97. The number of carbonyl (C=O) groups excluding carboxylic acids is 2. The molecule has 1 saturated heterocycles. The summed E-state index contributed by atoms with van der Waals surface area (Å²) in [5.74, 6) is -0.904. The van der Waals surface area contributed by atoms with Gasteiger partial charge in [-0.15, -0.1) is 11.8 Å². The number of thioether (sulfide) groups is 1. The Hall–Kier alpha value is -2.05. The Morgan fingerprint density at radius 3 is 2.62 bits per heavy atom. The molecular formula is C22H23ClFNO3S. The highest BCUT2D eigenvalue weighted by Crippen LogP contribution is 2.28. The molecule has 154 valence electrons. The van der Waals surface area contributed by atoms with E-state index in [1.807, 2.05) is 42.5 Å². The molecular weight excluding hydrogens is 413 g/mol. The van der Waals surface area contributed by atoms with Gasteiger partial charge in [0.1, 0.15) is 0 Å². The predicted octanol–water partition coefficient (Wildman–Crippen LogP) is 5.21. The molecule has 1 aliphatic heterocycles. The average Bonchev–Trinajstić information content (AvgIpc) is 2.77. The Balaban J connectivity index is 1.74. The maximum absolute atomic E-state index is 13.2. The number of nitrogens with zero attached hydrogens (tertiary/aromatic N) is 1. The molecule has 0 aromatic heterocycles. The Morgan fingerprint density at radius 2 is 1.97 bits per heavy atom. The summed E-state index contributed by atoms with van der Waals surface area (Å²) in [6.45, 7) is 0.795. The maximum Gasteiger partial charge on any atom is 0.351 e. The van der Waals surface area contributed by atoms with Gasteiger partial charge in [0.2, 0.25) is 0 Å². The van der Waals surface area contributed by atoms with E-state index >= 15 is 0 Å². The molecule has 1 aromatic carbocycles. The minimum Gasteiger partial charge on any atom is -0.339 e. The van der Waals surface area contributed by atoms with Crippen LogP contribution in [0.15, 0.2) is 69.6 Å². The lowest BCUT2D eigenvalue weighted by atomic mass is 9.96. The topological polar surface area (TPSA) is 46.6 Å². The van der Waals surface area contributed by atoms with Crippen molar-refractivity contribution in [1.29, 1.82) is 0 Å². The van der Waals surface area contributed by atoms with Gasteiger partial charge >= 0.3 is 5.97 Å². The van der Waals surface area contributed by atoms with Crippen molar-refractivity contribution in [2.45, 2.75) is 30.6 Å². The number of hydrogen-bond donors (Lipinski definition) is 0. The first-order chi connectivity index (χ1) is 14.1. The van der Waals surface area contributed by atoms with Gasteiger partial charge in [0, 0.05) is 38.9 Å².